The summed E-state index contributed by atoms with van der Waals surface area (Å²) in [5.74, 6) is 0.492. The van der Waals surface area contributed by atoms with E-state index in [1.54, 1.807) is 12.1 Å². The second kappa shape index (κ2) is 6.00. The molecule has 2 heteroatoms. The van der Waals surface area contributed by atoms with E-state index in [1.807, 2.05) is 19.1 Å². The first-order valence-electron chi connectivity index (χ1n) is 7.28. The van der Waals surface area contributed by atoms with E-state index >= 15 is 0 Å². The predicted molar refractivity (Wildman–Crippen MR) is 83.3 cm³/mol. The fourth-order valence-electron chi connectivity index (χ4n) is 2.79. The quantitative estimate of drug-likeness (QED) is 0.806. The Bertz CT molecular complexity index is 615. The monoisotopic (exact) mass is 270 g/mol. The lowest BCUT2D eigenvalue weighted by Gasteiger charge is -2.16. The zero-order chi connectivity index (χ0) is 14.7. The molecule has 0 aliphatic carbocycles. The van der Waals surface area contributed by atoms with E-state index in [-0.39, 0.29) is 11.5 Å². The third-order valence-corrected chi connectivity index (χ3v) is 3.85. The molecule has 2 aromatic rings. The molecule has 0 amide bonds. The molecule has 0 unspecified atom stereocenters. The maximum absolute atomic E-state index is 10.4. The van der Waals surface area contributed by atoms with Gasteiger partial charge >= 0.3 is 0 Å². The molecule has 2 nitrogen and oxygen atoms in total. The van der Waals surface area contributed by atoms with Gasteiger partial charge in [0.2, 0.25) is 0 Å². The van der Waals surface area contributed by atoms with Crippen molar-refractivity contribution in [3.63, 3.8) is 0 Å². The molecule has 2 rings (SSSR count). The minimum absolute atomic E-state index is 0.207. The first-order chi connectivity index (χ1) is 9.62. The lowest BCUT2D eigenvalue weighted by Crippen LogP contribution is -1.96. The van der Waals surface area contributed by atoms with Crippen LogP contribution >= 0.6 is 0 Å². The molecule has 0 spiro atoms. The van der Waals surface area contributed by atoms with E-state index in [4.69, 9.17) is 0 Å². The highest BCUT2D eigenvalue weighted by Gasteiger charge is 2.14. The highest BCUT2D eigenvalue weighted by molar-refractivity contribution is 5.77. The van der Waals surface area contributed by atoms with E-state index in [0.29, 0.717) is 6.42 Å². The Kier molecular flexibility index (Phi) is 4.33. The first kappa shape index (κ1) is 14.4. The van der Waals surface area contributed by atoms with Crippen LogP contribution in [0.1, 0.15) is 37.5 Å². The van der Waals surface area contributed by atoms with Crippen molar-refractivity contribution in [3.05, 3.63) is 47.0 Å². The zero-order valence-electron chi connectivity index (χ0n) is 12.4. The van der Waals surface area contributed by atoms with E-state index < -0.39 is 0 Å². The maximum Gasteiger partial charge on any atom is 0.126 e. The molecular formula is C18H22O2. The average molecular weight is 270 g/mol. The Morgan fingerprint density at radius 1 is 0.800 bits per heavy atom. The van der Waals surface area contributed by atoms with Crippen LogP contribution in [0.5, 0.6) is 11.5 Å². The molecule has 0 bridgehead atoms. The molecule has 0 radical (unpaired) electrons. The zero-order valence-corrected chi connectivity index (χ0v) is 12.4. The van der Waals surface area contributed by atoms with Crippen LogP contribution in [0.2, 0.25) is 0 Å². The lowest BCUT2D eigenvalue weighted by atomic mass is 9.91. The van der Waals surface area contributed by atoms with E-state index in [9.17, 15) is 10.2 Å². The van der Waals surface area contributed by atoms with Crippen molar-refractivity contribution >= 4 is 0 Å². The number of aryl methyl sites for hydroxylation is 2. The summed E-state index contributed by atoms with van der Waals surface area (Å²) in [5, 5.41) is 20.3. The summed E-state index contributed by atoms with van der Waals surface area (Å²) >= 11 is 0. The molecule has 0 aromatic heterocycles. The smallest absolute Gasteiger partial charge is 0.126 e. The van der Waals surface area contributed by atoms with Crippen LogP contribution in [0, 0.1) is 0 Å². The third-order valence-electron chi connectivity index (χ3n) is 3.85. The van der Waals surface area contributed by atoms with Gasteiger partial charge in [0.1, 0.15) is 11.5 Å². The van der Waals surface area contributed by atoms with Crippen molar-refractivity contribution in [3.8, 4) is 22.6 Å². The van der Waals surface area contributed by atoms with Gasteiger partial charge in [-0.25, -0.2) is 0 Å². The van der Waals surface area contributed by atoms with Crippen molar-refractivity contribution in [1.29, 1.82) is 0 Å². The number of benzene rings is 2. The minimum atomic E-state index is 0.207. The number of hydrogen-bond acceptors (Lipinski definition) is 2. The number of phenolic OH excluding ortho intramolecular Hbond substituents is 2. The Morgan fingerprint density at radius 3 is 2.10 bits per heavy atom. The summed E-state index contributed by atoms with van der Waals surface area (Å²) < 4.78 is 0. The molecule has 0 aliphatic rings. The van der Waals surface area contributed by atoms with Crippen LogP contribution in [0.25, 0.3) is 11.1 Å². The van der Waals surface area contributed by atoms with Crippen molar-refractivity contribution in [1.82, 2.24) is 0 Å². The summed E-state index contributed by atoms with van der Waals surface area (Å²) in [6.45, 7) is 6.23. The van der Waals surface area contributed by atoms with E-state index in [1.165, 1.54) is 11.1 Å². The minimum Gasteiger partial charge on any atom is -0.508 e. The van der Waals surface area contributed by atoms with E-state index in [0.717, 1.165) is 29.5 Å². The molecule has 0 fully saturated rings. The highest BCUT2D eigenvalue weighted by Crippen LogP contribution is 2.38. The van der Waals surface area contributed by atoms with Gasteiger partial charge in [-0.05, 0) is 53.6 Å². The number of rotatable bonds is 4. The van der Waals surface area contributed by atoms with Gasteiger partial charge in [-0.1, -0.05) is 39.0 Å². The molecule has 0 saturated carbocycles. The fourth-order valence-corrected chi connectivity index (χ4v) is 2.79. The molecule has 0 atom stereocenters. The Hall–Kier alpha value is -1.96. The summed E-state index contributed by atoms with van der Waals surface area (Å²) in [7, 11) is 0. The maximum atomic E-state index is 10.4. The van der Waals surface area contributed by atoms with Crippen molar-refractivity contribution in [2.45, 2.75) is 40.0 Å². The number of phenols is 2. The molecule has 0 aliphatic heterocycles. The van der Waals surface area contributed by atoms with E-state index in [2.05, 4.69) is 19.9 Å². The van der Waals surface area contributed by atoms with Crippen LogP contribution in [0.4, 0.5) is 0 Å². The van der Waals surface area contributed by atoms with Crippen molar-refractivity contribution < 1.29 is 10.2 Å². The average Bonchev–Trinajstić information content (AvgIpc) is 2.48. The lowest BCUT2D eigenvalue weighted by molar-refractivity contribution is 0.456. The van der Waals surface area contributed by atoms with Gasteiger partial charge in [-0.3, -0.25) is 0 Å². The number of aromatic hydroxyl groups is 2. The van der Waals surface area contributed by atoms with Crippen LogP contribution in [-0.4, -0.2) is 10.2 Å². The second-order valence-electron chi connectivity index (χ2n) is 5.00. The van der Waals surface area contributed by atoms with Crippen LogP contribution in [-0.2, 0) is 19.3 Å². The topological polar surface area (TPSA) is 40.5 Å². The summed E-state index contributed by atoms with van der Waals surface area (Å²) in [5.41, 5.74) is 5.08. The summed E-state index contributed by atoms with van der Waals surface area (Å²) in [6.07, 6.45) is 2.58. The van der Waals surface area contributed by atoms with Gasteiger partial charge in [0.25, 0.3) is 0 Å². The largest absolute Gasteiger partial charge is 0.508 e. The molecule has 0 saturated heterocycles. The van der Waals surface area contributed by atoms with Gasteiger partial charge < -0.3 is 10.2 Å². The van der Waals surface area contributed by atoms with Gasteiger partial charge in [0.05, 0.1) is 0 Å². The summed E-state index contributed by atoms with van der Waals surface area (Å²) in [6, 6.07) is 9.45. The fraction of sp³-hybridized carbons (Fsp3) is 0.333. The Morgan fingerprint density at radius 2 is 1.50 bits per heavy atom. The Balaban J connectivity index is 2.71. The molecule has 2 N–H and O–H groups in total. The van der Waals surface area contributed by atoms with Gasteiger partial charge in [-0.2, -0.15) is 0 Å². The molecule has 20 heavy (non-hydrogen) atoms. The van der Waals surface area contributed by atoms with Crippen LogP contribution in [0.3, 0.4) is 0 Å². The molecule has 2 aromatic carbocycles. The second-order valence-corrected chi connectivity index (χ2v) is 5.00. The van der Waals surface area contributed by atoms with Crippen molar-refractivity contribution in [2.75, 3.05) is 0 Å². The van der Waals surface area contributed by atoms with Crippen LogP contribution < -0.4 is 0 Å². The number of hydrogen-bond donors (Lipinski definition) is 2. The highest BCUT2D eigenvalue weighted by atomic mass is 16.3. The molecule has 0 heterocycles. The predicted octanol–water partition coefficient (Wildman–Crippen LogP) is 4.45. The van der Waals surface area contributed by atoms with Gasteiger partial charge in [-0.15, -0.1) is 0 Å². The van der Waals surface area contributed by atoms with Gasteiger partial charge in [0.15, 0.2) is 0 Å². The van der Waals surface area contributed by atoms with Crippen molar-refractivity contribution in [2.24, 2.45) is 0 Å². The first-order valence-corrected chi connectivity index (χ1v) is 7.28. The Labute approximate surface area is 120 Å². The van der Waals surface area contributed by atoms with Crippen LogP contribution in [0.15, 0.2) is 30.3 Å². The van der Waals surface area contributed by atoms with Gasteiger partial charge in [0, 0.05) is 5.56 Å². The molecular weight excluding hydrogens is 248 g/mol. The molecule has 106 valence electrons. The third kappa shape index (κ3) is 2.51. The normalized spacial score (nSPS) is 10.8. The summed E-state index contributed by atoms with van der Waals surface area (Å²) in [4.78, 5) is 0. The SMILES string of the molecule is CCc1cc(O)cc(-c2cccc(CC)c2CC)c1O. The standard InChI is InChI=1S/C18H22O2/c1-4-12-8-7-9-16(15(12)6-3)17-11-14(19)10-13(5-2)18(17)20/h7-11,19-20H,4-6H2,1-3H3.